The average molecular weight is 272 g/mol. The first-order chi connectivity index (χ1) is 7.68. The summed E-state index contributed by atoms with van der Waals surface area (Å²) in [6.45, 7) is 0. The Bertz CT molecular complexity index is 481. The number of thiophene rings is 1. The van der Waals surface area contributed by atoms with Crippen LogP contribution in [0.25, 0.3) is 0 Å². The normalized spacial score (nSPS) is 12.7. The summed E-state index contributed by atoms with van der Waals surface area (Å²) in [6.07, 6.45) is 0.708. The minimum absolute atomic E-state index is 0.0904. The van der Waals surface area contributed by atoms with E-state index in [2.05, 4.69) is 0 Å². The maximum Gasteiger partial charge on any atom is 0.0561 e. The van der Waals surface area contributed by atoms with Crippen LogP contribution in [0.5, 0.6) is 0 Å². The van der Waals surface area contributed by atoms with Crippen LogP contribution in [-0.2, 0) is 6.42 Å². The summed E-state index contributed by atoms with van der Waals surface area (Å²) < 4.78 is 0. The molecule has 1 aromatic carbocycles. The highest BCUT2D eigenvalue weighted by Gasteiger charge is 2.13. The van der Waals surface area contributed by atoms with Crippen molar-refractivity contribution in [2.45, 2.75) is 12.5 Å². The third kappa shape index (κ3) is 2.58. The van der Waals surface area contributed by atoms with Crippen LogP contribution in [0.2, 0.25) is 10.0 Å². The predicted molar refractivity (Wildman–Crippen MR) is 71.4 cm³/mol. The Kier molecular flexibility index (Phi) is 3.87. The molecule has 0 fully saturated rings. The lowest BCUT2D eigenvalue weighted by molar-refractivity contribution is 0.737. The highest BCUT2D eigenvalue weighted by molar-refractivity contribution is 7.10. The van der Waals surface area contributed by atoms with Gasteiger partial charge in [-0.2, -0.15) is 0 Å². The van der Waals surface area contributed by atoms with E-state index in [-0.39, 0.29) is 6.04 Å². The quantitative estimate of drug-likeness (QED) is 0.885. The third-order valence-electron chi connectivity index (χ3n) is 2.38. The molecule has 0 saturated carbocycles. The van der Waals surface area contributed by atoms with Gasteiger partial charge in [0, 0.05) is 15.9 Å². The van der Waals surface area contributed by atoms with Gasteiger partial charge in [0.1, 0.15) is 0 Å². The van der Waals surface area contributed by atoms with Gasteiger partial charge in [0.25, 0.3) is 0 Å². The average Bonchev–Trinajstić information content (AvgIpc) is 2.68. The molecule has 1 aromatic heterocycles. The van der Waals surface area contributed by atoms with E-state index in [1.807, 2.05) is 35.7 Å². The van der Waals surface area contributed by atoms with E-state index in [9.17, 15) is 0 Å². The standard InChI is InChI=1S/C12H11Cl2NS/c13-9-4-2-1-3-8(9)7-11(15)12-10(14)5-6-16-12/h1-6,11H,7,15H2. The molecule has 0 aliphatic carbocycles. The summed E-state index contributed by atoms with van der Waals surface area (Å²) in [5, 5.41) is 3.44. The van der Waals surface area contributed by atoms with Gasteiger partial charge in [0.15, 0.2) is 0 Å². The van der Waals surface area contributed by atoms with Gasteiger partial charge in [-0.1, -0.05) is 41.4 Å². The van der Waals surface area contributed by atoms with Crippen LogP contribution >= 0.6 is 34.5 Å². The molecule has 1 heterocycles. The monoisotopic (exact) mass is 271 g/mol. The summed E-state index contributed by atoms with van der Waals surface area (Å²) in [5.74, 6) is 0. The van der Waals surface area contributed by atoms with Crippen LogP contribution in [0, 0.1) is 0 Å². The van der Waals surface area contributed by atoms with Gasteiger partial charge >= 0.3 is 0 Å². The molecule has 4 heteroatoms. The summed E-state index contributed by atoms with van der Waals surface area (Å²) in [4.78, 5) is 1.02. The molecule has 84 valence electrons. The maximum absolute atomic E-state index is 6.11. The Hall–Kier alpha value is -0.540. The zero-order valence-corrected chi connectivity index (χ0v) is 10.8. The second-order valence-corrected chi connectivity index (χ2v) is 5.30. The Morgan fingerprint density at radius 2 is 1.88 bits per heavy atom. The number of benzene rings is 1. The lowest BCUT2D eigenvalue weighted by Gasteiger charge is -2.11. The molecule has 0 aliphatic heterocycles. The van der Waals surface area contributed by atoms with E-state index < -0.39 is 0 Å². The lowest BCUT2D eigenvalue weighted by Crippen LogP contribution is -2.12. The minimum Gasteiger partial charge on any atom is -0.323 e. The molecule has 2 aromatic rings. The Morgan fingerprint density at radius 1 is 1.12 bits per heavy atom. The molecule has 2 N–H and O–H groups in total. The molecule has 0 amide bonds. The van der Waals surface area contributed by atoms with Crippen molar-refractivity contribution >= 4 is 34.5 Å². The van der Waals surface area contributed by atoms with E-state index >= 15 is 0 Å². The van der Waals surface area contributed by atoms with E-state index in [4.69, 9.17) is 28.9 Å². The number of hydrogen-bond acceptors (Lipinski definition) is 2. The fourth-order valence-electron chi connectivity index (χ4n) is 1.56. The molecule has 2 rings (SSSR count). The van der Waals surface area contributed by atoms with Crippen molar-refractivity contribution in [3.63, 3.8) is 0 Å². The molecule has 1 atom stereocenters. The third-order valence-corrected chi connectivity index (χ3v) is 4.24. The van der Waals surface area contributed by atoms with Gasteiger partial charge in [0.2, 0.25) is 0 Å². The molecule has 16 heavy (non-hydrogen) atoms. The highest BCUT2D eigenvalue weighted by Crippen LogP contribution is 2.30. The van der Waals surface area contributed by atoms with E-state index in [1.165, 1.54) is 0 Å². The molecule has 0 radical (unpaired) electrons. The van der Waals surface area contributed by atoms with Crippen LogP contribution in [0.4, 0.5) is 0 Å². The van der Waals surface area contributed by atoms with Crippen LogP contribution in [0.15, 0.2) is 35.7 Å². The topological polar surface area (TPSA) is 26.0 Å². The van der Waals surface area contributed by atoms with Crippen molar-refractivity contribution in [1.29, 1.82) is 0 Å². The van der Waals surface area contributed by atoms with Gasteiger partial charge in [-0.25, -0.2) is 0 Å². The highest BCUT2D eigenvalue weighted by atomic mass is 35.5. The van der Waals surface area contributed by atoms with E-state index in [0.29, 0.717) is 6.42 Å². The number of nitrogens with two attached hydrogens (primary N) is 1. The number of rotatable bonds is 3. The smallest absolute Gasteiger partial charge is 0.0561 e. The van der Waals surface area contributed by atoms with Gasteiger partial charge < -0.3 is 5.73 Å². The SMILES string of the molecule is NC(Cc1ccccc1Cl)c1sccc1Cl. The van der Waals surface area contributed by atoms with Gasteiger partial charge in [-0.3, -0.25) is 0 Å². The van der Waals surface area contributed by atoms with Gasteiger partial charge in [-0.15, -0.1) is 11.3 Å². The van der Waals surface area contributed by atoms with Crippen molar-refractivity contribution in [3.05, 3.63) is 56.2 Å². The van der Waals surface area contributed by atoms with Crippen LogP contribution < -0.4 is 5.73 Å². The van der Waals surface area contributed by atoms with E-state index in [0.717, 1.165) is 20.5 Å². The maximum atomic E-state index is 6.11. The van der Waals surface area contributed by atoms with Crippen LogP contribution in [0.3, 0.4) is 0 Å². The first-order valence-corrected chi connectivity index (χ1v) is 6.54. The van der Waals surface area contributed by atoms with E-state index in [1.54, 1.807) is 11.3 Å². The molecular formula is C12H11Cl2NS. The van der Waals surface area contributed by atoms with Crippen molar-refractivity contribution in [2.75, 3.05) is 0 Å². The number of halogens is 2. The van der Waals surface area contributed by atoms with Crippen LogP contribution in [-0.4, -0.2) is 0 Å². The largest absolute Gasteiger partial charge is 0.323 e. The fourth-order valence-corrected chi connectivity index (χ4v) is 2.98. The molecule has 1 nitrogen and oxygen atoms in total. The summed E-state index contributed by atoms with van der Waals surface area (Å²) in [6, 6.07) is 9.52. The van der Waals surface area contributed by atoms with Crippen molar-refractivity contribution in [2.24, 2.45) is 5.73 Å². The molecule has 1 unspecified atom stereocenters. The Labute approximate surface area is 109 Å². The van der Waals surface area contributed by atoms with Crippen LogP contribution in [0.1, 0.15) is 16.5 Å². The Morgan fingerprint density at radius 3 is 2.50 bits per heavy atom. The summed E-state index contributed by atoms with van der Waals surface area (Å²) in [5.41, 5.74) is 7.17. The fraction of sp³-hybridized carbons (Fsp3) is 0.167. The van der Waals surface area contributed by atoms with Gasteiger partial charge in [0.05, 0.1) is 5.02 Å². The first kappa shape index (κ1) is 11.9. The first-order valence-electron chi connectivity index (χ1n) is 4.90. The second kappa shape index (κ2) is 5.19. The van der Waals surface area contributed by atoms with Crippen molar-refractivity contribution < 1.29 is 0 Å². The van der Waals surface area contributed by atoms with Gasteiger partial charge in [-0.05, 0) is 29.5 Å². The molecule has 0 aliphatic rings. The Balaban J connectivity index is 2.17. The predicted octanol–water partition coefficient (Wildman–Crippen LogP) is 4.30. The molecule has 0 spiro atoms. The molecular weight excluding hydrogens is 261 g/mol. The number of hydrogen-bond donors (Lipinski definition) is 1. The lowest BCUT2D eigenvalue weighted by atomic mass is 10.1. The zero-order valence-electron chi connectivity index (χ0n) is 8.49. The molecule has 0 bridgehead atoms. The minimum atomic E-state index is -0.0904. The summed E-state index contributed by atoms with van der Waals surface area (Å²) in [7, 11) is 0. The van der Waals surface area contributed by atoms with Crippen molar-refractivity contribution in [1.82, 2.24) is 0 Å². The van der Waals surface area contributed by atoms with Crippen molar-refractivity contribution in [3.8, 4) is 0 Å². The zero-order chi connectivity index (χ0) is 11.5. The second-order valence-electron chi connectivity index (χ2n) is 3.53. The molecule has 0 saturated heterocycles. The summed E-state index contributed by atoms with van der Waals surface area (Å²) >= 11 is 13.7.